The molecule has 2 heterocycles. The maximum atomic E-state index is 13.3. The first-order valence-electron chi connectivity index (χ1n) is 16.2. The van der Waals surface area contributed by atoms with Crippen LogP contribution in [-0.2, 0) is 28.5 Å². The molecule has 240 valence electrons. The second kappa shape index (κ2) is 13.9. The van der Waals surface area contributed by atoms with Crippen molar-refractivity contribution in [3.63, 3.8) is 0 Å². The van der Waals surface area contributed by atoms with Gasteiger partial charge in [-0.15, -0.1) is 5.10 Å². The minimum absolute atomic E-state index is 0.00740. The highest BCUT2D eigenvalue weighted by molar-refractivity contribution is 7.82. The number of anilines is 1. The molecule has 44 heavy (non-hydrogen) atoms. The molecule has 2 N–H and O–H groups in total. The lowest BCUT2D eigenvalue weighted by molar-refractivity contribution is 0.284. The fourth-order valence-corrected chi connectivity index (χ4v) is 6.64. The zero-order valence-electron chi connectivity index (χ0n) is 28.3. The summed E-state index contributed by atoms with van der Waals surface area (Å²) in [6.07, 6.45) is 9.33. The van der Waals surface area contributed by atoms with E-state index in [9.17, 15) is 4.21 Å². The van der Waals surface area contributed by atoms with Gasteiger partial charge in [-0.1, -0.05) is 107 Å². The van der Waals surface area contributed by atoms with Crippen molar-refractivity contribution in [2.24, 2.45) is 5.41 Å². The van der Waals surface area contributed by atoms with Gasteiger partial charge in [0.15, 0.2) is 11.5 Å². The molecule has 0 aliphatic rings. The Labute approximate surface area is 267 Å². The van der Waals surface area contributed by atoms with Crippen molar-refractivity contribution in [3.8, 4) is 17.1 Å². The lowest BCUT2D eigenvalue weighted by Gasteiger charge is -2.33. The van der Waals surface area contributed by atoms with Gasteiger partial charge in [-0.25, -0.2) is 4.98 Å². The summed E-state index contributed by atoms with van der Waals surface area (Å²) in [5, 5.41) is 7.93. The Kier molecular flexibility index (Phi) is 10.7. The van der Waals surface area contributed by atoms with Gasteiger partial charge in [-0.3, -0.25) is 9.82 Å². The van der Waals surface area contributed by atoms with E-state index in [-0.39, 0.29) is 16.2 Å². The van der Waals surface area contributed by atoms with Gasteiger partial charge in [0.2, 0.25) is 0 Å². The number of nitrogens with zero attached hydrogens (tertiary/aromatic N) is 3. The molecule has 0 aliphatic carbocycles. The lowest BCUT2D eigenvalue weighted by atomic mass is 9.72. The monoisotopic (exact) mass is 619 g/mol. The van der Waals surface area contributed by atoms with E-state index in [0.29, 0.717) is 17.3 Å². The summed E-state index contributed by atoms with van der Waals surface area (Å²) in [5.41, 5.74) is 5.90. The van der Waals surface area contributed by atoms with Gasteiger partial charge in [0, 0.05) is 28.4 Å². The Morgan fingerprint density at radius 1 is 0.886 bits per heavy atom. The highest BCUT2D eigenvalue weighted by Gasteiger charge is 2.28. The maximum Gasteiger partial charge on any atom is 0.316 e. The largest absolute Gasteiger partial charge is 0.385 e. The topological polar surface area (TPSA) is 84.3 Å². The zero-order chi connectivity index (χ0) is 32.1. The van der Waals surface area contributed by atoms with Crippen LogP contribution in [0.4, 0.5) is 5.69 Å². The summed E-state index contributed by atoms with van der Waals surface area (Å²) >= 11 is -1.76. The Bertz CT molecular complexity index is 1510. The maximum absolute atomic E-state index is 13.3. The van der Waals surface area contributed by atoms with Crippen LogP contribution in [0.2, 0.25) is 0 Å². The number of nitrogens with one attached hydrogen (secondary N) is 2. The van der Waals surface area contributed by atoms with Crippen molar-refractivity contribution in [1.82, 2.24) is 19.8 Å². The number of benzene rings is 2. The van der Waals surface area contributed by atoms with E-state index in [1.165, 1.54) is 37.7 Å². The van der Waals surface area contributed by atoms with Crippen molar-refractivity contribution < 1.29 is 8.39 Å². The van der Waals surface area contributed by atoms with Crippen LogP contribution in [0.3, 0.4) is 0 Å². The fourth-order valence-electron chi connectivity index (χ4n) is 5.95. The number of unbranched alkanes of at least 4 members (excludes halogenated alkanes) is 5. The highest BCUT2D eigenvalue weighted by Crippen LogP contribution is 2.38. The predicted molar refractivity (Wildman–Crippen MR) is 184 cm³/mol. The number of aryl methyl sites for hydroxylation is 1. The number of rotatable bonds is 14. The highest BCUT2D eigenvalue weighted by atomic mass is 32.2. The number of H-pyrrole nitrogens is 1. The predicted octanol–water partition coefficient (Wildman–Crippen LogP) is 9.71. The first kappa shape index (κ1) is 33.8. The average Bonchev–Trinajstić information content (AvgIpc) is 3.50. The zero-order valence-corrected chi connectivity index (χ0v) is 29.2. The first-order valence-corrected chi connectivity index (χ1v) is 17.3. The minimum Gasteiger partial charge on any atom is -0.385 e. The molecule has 1 atom stereocenters. The second-order valence-electron chi connectivity index (χ2n) is 15.1. The van der Waals surface area contributed by atoms with E-state index in [4.69, 9.17) is 4.18 Å². The molecule has 0 spiro atoms. The number of aromatic amines is 1. The Morgan fingerprint density at radius 2 is 1.57 bits per heavy atom. The van der Waals surface area contributed by atoms with E-state index >= 15 is 0 Å². The van der Waals surface area contributed by atoms with Crippen LogP contribution in [0.15, 0.2) is 48.5 Å². The number of fused-ring (bicyclic) bond motifs is 1. The van der Waals surface area contributed by atoms with Crippen molar-refractivity contribution in [3.05, 3.63) is 65.4 Å². The van der Waals surface area contributed by atoms with E-state index in [1.54, 1.807) is 4.63 Å². The molecule has 0 aliphatic heterocycles. The fraction of sp³-hybridized carbons (Fsp3) is 0.556. The van der Waals surface area contributed by atoms with Crippen LogP contribution in [0.1, 0.15) is 124 Å². The SMILES string of the molecule is CCCCCCCCc1ccc(C(C)(C)CC(C)(C)C)cc1OS(=O)Nc1ccc(-c2nc3cc(C(C)(C)C)[nH]n3n2)cc1. The van der Waals surface area contributed by atoms with Gasteiger partial charge >= 0.3 is 11.3 Å². The van der Waals surface area contributed by atoms with Crippen LogP contribution < -0.4 is 8.91 Å². The molecule has 2 aromatic carbocycles. The summed E-state index contributed by atoms with van der Waals surface area (Å²) < 4.78 is 24.1. The molecule has 1 unspecified atom stereocenters. The Hall–Kier alpha value is -3.13. The second-order valence-corrected chi connectivity index (χ2v) is 15.9. The van der Waals surface area contributed by atoms with Crippen LogP contribution >= 0.6 is 0 Å². The molecule has 0 amide bonds. The summed E-state index contributed by atoms with van der Waals surface area (Å²) in [6, 6.07) is 16.2. The standard InChI is InChI=1S/C36H53N5O2S/c1-10-11-12-13-14-15-16-26-17-20-28(36(8,9)25-34(2,3)4)23-30(26)43-44(42)40-29-21-18-27(19-22-29)33-37-32-24-31(35(5,6)7)38-41(32)39-33/h17-24,38,40H,10-16,25H2,1-9H3. The third-order valence-electron chi connectivity index (χ3n) is 8.07. The first-order chi connectivity index (χ1) is 20.6. The third kappa shape index (κ3) is 9.19. The van der Waals surface area contributed by atoms with Gasteiger partial charge in [0.25, 0.3) is 0 Å². The third-order valence-corrected chi connectivity index (χ3v) is 8.80. The molecular formula is C36H53N5O2S. The van der Waals surface area contributed by atoms with E-state index in [0.717, 1.165) is 41.7 Å². The molecule has 7 nitrogen and oxygen atoms in total. The van der Waals surface area contributed by atoms with Crippen LogP contribution in [0.5, 0.6) is 5.75 Å². The Balaban J connectivity index is 1.46. The molecule has 4 rings (SSSR count). The van der Waals surface area contributed by atoms with Gasteiger partial charge in [-0.2, -0.15) is 8.84 Å². The molecule has 0 radical (unpaired) electrons. The average molecular weight is 620 g/mol. The summed E-state index contributed by atoms with van der Waals surface area (Å²) in [7, 11) is 0. The van der Waals surface area contributed by atoms with Crippen molar-refractivity contribution >= 4 is 22.6 Å². The van der Waals surface area contributed by atoms with Crippen LogP contribution in [0, 0.1) is 5.41 Å². The van der Waals surface area contributed by atoms with Gasteiger partial charge in [0.05, 0.1) is 0 Å². The van der Waals surface area contributed by atoms with Gasteiger partial charge in [-0.05, 0) is 71.6 Å². The number of hydrogen-bond donors (Lipinski definition) is 2. The smallest absolute Gasteiger partial charge is 0.316 e. The van der Waals surface area contributed by atoms with Gasteiger partial charge < -0.3 is 4.18 Å². The summed E-state index contributed by atoms with van der Waals surface area (Å²) in [5.74, 6) is 1.34. The van der Waals surface area contributed by atoms with E-state index in [2.05, 4.69) is 100 Å². The molecular weight excluding hydrogens is 566 g/mol. The van der Waals surface area contributed by atoms with Crippen LogP contribution in [0.25, 0.3) is 17.0 Å². The lowest BCUT2D eigenvalue weighted by Crippen LogP contribution is -2.25. The summed E-state index contributed by atoms with van der Waals surface area (Å²) in [6.45, 7) is 20.1. The normalized spacial score (nSPS) is 13.4. The van der Waals surface area contributed by atoms with Crippen molar-refractivity contribution in [1.29, 1.82) is 0 Å². The molecule has 2 aromatic heterocycles. The molecule has 8 heteroatoms. The molecule has 0 bridgehead atoms. The van der Waals surface area contributed by atoms with E-state index < -0.39 is 11.3 Å². The molecule has 0 saturated carbocycles. The number of hydrogen-bond acceptors (Lipinski definition) is 4. The molecule has 4 aromatic rings. The Morgan fingerprint density at radius 3 is 2.20 bits per heavy atom. The van der Waals surface area contributed by atoms with Crippen molar-refractivity contribution in [2.75, 3.05) is 4.72 Å². The number of aromatic nitrogens is 4. The van der Waals surface area contributed by atoms with Crippen molar-refractivity contribution in [2.45, 2.75) is 125 Å². The molecule has 0 saturated heterocycles. The van der Waals surface area contributed by atoms with Gasteiger partial charge in [0.1, 0.15) is 5.75 Å². The minimum atomic E-state index is -1.76. The van der Waals surface area contributed by atoms with E-state index in [1.807, 2.05) is 30.3 Å². The quantitative estimate of drug-likeness (QED) is 0.138. The molecule has 0 fully saturated rings. The summed E-state index contributed by atoms with van der Waals surface area (Å²) in [4.78, 5) is 4.68. The van der Waals surface area contributed by atoms with Crippen LogP contribution in [-0.4, -0.2) is 24.0 Å².